The van der Waals surface area contributed by atoms with E-state index in [9.17, 15) is 4.79 Å². The second-order valence-corrected chi connectivity index (χ2v) is 5.21. The number of unbranched alkanes of at least 4 members (excludes halogenated alkanes) is 2. The summed E-state index contributed by atoms with van der Waals surface area (Å²) in [5.41, 5.74) is 6.63. The molecule has 1 fully saturated rings. The van der Waals surface area contributed by atoms with E-state index in [0.29, 0.717) is 12.5 Å². The lowest BCUT2D eigenvalue weighted by atomic mass is 10.1. The fourth-order valence-corrected chi connectivity index (χ4v) is 2.23. The average molecular weight is 261 g/mol. The van der Waals surface area contributed by atoms with Gasteiger partial charge in [0.2, 0.25) is 5.91 Å². The molecule has 2 rings (SSSR count). The molecule has 1 aromatic rings. The van der Waals surface area contributed by atoms with Gasteiger partial charge in [0.05, 0.1) is 0 Å². The lowest BCUT2D eigenvalue weighted by molar-refractivity contribution is -0.132. The number of hydrogen-bond acceptors (Lipinski definition) is 3. The summed E-state index contributed by atoms with van der Waals surface area (Å²) < 4.78 is 0. The molecule has 1 saturated carbocycles. The average Bonchev–Trinajstić information content (AvgIpc) is 3.26. The summed E-state index contributed by atoms with van der Waals surface area (Å²) >= 11 is 0. The first-order chi connectivity index (χ1) is 9.31. The van der Waals surface area contributed by atoms with E-state index in [4.69, 9.17) is 5.73 Å². The Bertz CT molecular complexity index is 390. The topological polar surface area (TPSA) is 59.2 Å². The third-order valence-electron chi connectivity index (χ3n) is 3.51. The number of nitrogens with zero attached hydrogens (tertiary/aromatic N) is 2. The van der Waals surface area contributed by atoms with Gasteiger partial charge in [-0.25, -0.2) is 0 Å². The van der Waals surface area contributed by atoms with Crippen molar-refractivity contribution in [3.05, 3.63) is 30.1 Å². The molecule has 104 valence electrons. The van der Waals surface area contributed by atoms with Crippen LogP contribution in [0.5, 0.6) is 0 Å². The molecule has 1 aromatic heterocycles. The smallest absolute Gasteiger partial charge is 0.223 e. The van der Waals surface area contributed by atoms with Crippen LogP contribution >= 0.6 is 0 Å². The maximum atomic E-state index is 12.3. The Balaban J connectivity index is 1.83. The molecule has 4 nitrogen and oxygen atoms in total. The van der Waals surface area contributed by atoms with Crippen molar-refractivity contribution in [1.29, 1.82) is 0 Å². The largest absolute Gasteiger partial charge is 0.335 e. The molecule has 0 bridgehead atoms. The zero-order valence-electron chi connectivity index (χ0n) is 11.4. The van der Waals surface area contributed by atoms with Crippen LogP contribution in [-0.4, -0.2) is 28.4 Å². The summed E-state index contributed by atoms with van der Waals surface area (Å²) in [6, 6.07) is 4.43. The summed E-state index contributed by atoms with van der Waals surface area (Å²) in [5, 5.41) is 0. The van der Waals surface area contributed by atoms with Crippen LogP contribution in [0.4, 0.5) is 0 Å². The minimum Gasteiger partial charge on any atom is -0.335 e. The van der Waals surface area contributed by atoms with Gasteiger partial charge >= 0.3 is 0 Å². The zero-order chi connectivity index (χ0) is 13.5. The summed E-state index contributed by atoms with van der Waals surface area (Å²) in [6.07, 6.45) is 9.55. The molecule has 4 heteroatoms. The number of hydrogen-bond donors (Lipinski definition) is 1. The van der Waals surface area contributed by atoms with Crippen molar-refractivity contribution >= 4 is 5.91 Å². The Kier molecular flexibility index (Phi) is 5.33. The molecular weight excluding hydrogens is 238 g/mol. The van der Waals surface area contributed by atoms with Crippen molar-refractivity contribution in [2.24, 2.45) is 5.73 Å². The summed E-state index contributed by atoms with van der Waals surface area (Å²) in [6.45, 7) is 1.44. The van der Waals surface area contributed by atoms with E-state index in [1.807, 2.05) is 17.0 Å². The minimum absolute atomic E-state index is 0.288. The molecule has 0 saturated heterocycles. The predicted molar refractivity (Wildman–Crippen MR) is 75.3 cm³/mol. The lowest BCUT2D eigenvalue weighted by Gasteiger charge is -2.22. The van der Waals surface area contributed by atoms with E-state index in [1.165, 1.54) is 0 Å². The normalized spacial score (nSPS) is 14.4. The second kappa shape index (κ2) is 7.24. The van der Waals surface area contributed by atoms with Gasteiger partial charge in [0.25, 0.3) is 0 Å². The Morgan fingerprint density at radius 3 is 2.63 bits per heavy atom. The van der Waals surface area contributed by atoms with Gasteiger partial charge in [0, 0.05) is 31.4 Å². The first-order valence-corrected chi connectivity index (χ1v) is 7.19. The number of pyridine rings is 1. The van der Waals surface area contributed by atoms with Crippen LogP contribution in [0.25, 0.3) is 0 Å². The fraction of sp³-hybridized carbons (Fsp3) is 0.600. The quantitative estimate of drug-likeness (QED) is 0.729. The van der Waals surface area contributed by atoms with Gasteiger partial charge < -0.3 is 10.6 Å². The van der Waals surface area contributed by atoms with E-state index >= 15 is 0 Å². The molecule has 0 atom stereocenters. The lowest BCUT2D eigenvalue weighted by Crippen LogP contribution is -2.32. The summed E-state index contributed by atoms with van der Waals surface area (Å²) in [5.74, 6) is 0.288. The van der Waals surface area contributed by atoms with Gasteiger partial charge in [-0.2, -0.15) is 0 Å². The highest BCUT2D eigenvalue weighted by molar-refractivity contribution is 5.76. The van der Waals surface area contributed by atoms with Gasteiger partial charge in [0.1, 0.15) is 0 Å². The standard InChI is InChI=1S/C15H23N3O/c16-9-3-1-2-4-15(19)18(14-5-6-14)12-13-7-10-17-11-8-13/h7-8,10-11,14H,1-6,9,12,16H2. The number of carbonyl (C=O) groups excluding carboxylic acids is 1. The van der Waals surface area contributed by atoms with E-state index in [0.717, 1.165) is 50.8 Å². The van der Waals surface area contributed by atoms with Crippen LogP contribution in [-0.2, 0) is 11.3 Å². The van der Waals surface area contributed by atoms with Gasteiger partial charge in [-0.15, -0.1) is 0 Å². The van der Waals surface area contributed by atoms with Crippen molar-refractivity contribution in [2.45, 2.75) is 51.1 Å². The van der Waals surface area contributed by atoms with Crippen molar-refractivity contribution in [3.8, 4) is 0 Å². The van der Waals surface area contributed by atoms with Gasteiger partial charge in [-0.1, -0.05) is 6.42 Å². The van der Waals surface area contributed by atoms with Crippen LogP contribution in [0.3, 0.4) is 0 Å². The van der Waals surface area contributed by atoms with Crippen molar-refractivity contribution in [2.75, 3.05) is 6.54 Å². The first-order valence-electron chi connectivity index (χ1n) is 7.19. The highest BCUT2D eigenvalue weighted by Gasteiger charge is 2.31. The predicted octanol–water partition coefficient (Wildman–Crippen LogP) is 2.09. The Labute approximate surface area is 115 Å². The van der Waals surface area contributed by atoms with Crippen LogP contribution in [0.15, 0.2) is 24.5 Å². The number of amides is 1. The third-order valence-corrected chi connectivity index (χ3v) is 3.51. The molecule has 0 spiro atoms. The molecule has 1 aliphatic rings. The van der Waals surface area contributed by atoms with E-state index in [1.54, 1.807) is 12.4 Å². The summed E-state index contributed by atoms with van der Waals surface area (Å²) in [4.78, 5) is 18.3. The van der Waals surface area contributed by atoms with Crippen molar-refractivity contribution < 1.29 is 4.79 Å². The van der Waals surface area contributed by atoms with Crippen LogP contribution in [0.2, 0.25) is 0 Å². The maximum absolute atomic E-state index is 12.3. The molecule has 2 N–H and O–H groups in total. The second-order valence-electron chi connectivity index (χ2n) is 5.21. The monoisotopic (exact) mass is 261 g/mol. The van der Waals surface area contributed by atoms with E-state index in [2.05, 4.69) is 4.98 Å². The SMILES string of the molecule is NCCCCCC(=O)N(Cc1ccncc1)C1CC1. The Morgan fingerprint density at radius 2 is 2.00 bits per heavy atom. The van der Waals surface area contributed by atoms with Gasteiger partial charge in [-0.05, 0) is 49.9 Å². The number of carbonyl (C=O) groups is 1. The number of nitrogens with two attached hydrogens (primary N) is 1. The highest BCUT2D eigenvalue weighted by Crippen LogP contribution is 2.29. The van der Waals surface area contributed by atoms with Gasteiger partial charge in [-0.3, -0.25) is 9.78 Å². The number of aromatic nitrogens is 1. The molecule has 1 aliphatic carbocycles. The third kappa shape index (κ3) is 4.63. The molecule has 0 unspecified atom stereocenters. The molecule has 0 aliphatic heterocycles. The molecule has 1 heterocycles. The summed E-state index contributed by atoms with van der Waals surface area (Å²) in [7, 11) is 0. The maximum Gasteiger partial charge on any atom is 0.223 e. The zero-order valence-corrected chi connectivity index (χ0v) is 11.4. The number of rotatable bonds is 8. The van der Waals surface area contributed by atoms with Crippen molar-refractivity contribution in [3.63, 3.8) is 0 Å². The first kappa shape index (κ1) is 14.0. The molecule has 19 heavy (non-hydrogen) atoms. The minimum atomic E-state index is 0.288. The molecule has 1 amide bonds. The van der Waals surface area contributed by atoms with Gasteiger partial charge in [0.15, 0.2) is 0 Å². The highest BCUT2D eigenvalue weighted by atomic mass is 16.2. The Hall–Kier alpha value is -1.42. The van der Waals surface area contributed by atoms with Crippen LogP contribution < -0.4 is 5.73 Å². The van der Waals surface area contributed by atoms with Crippen LogP contribution in [0.1, 0.15) is 44.1 Å². The van der Waals surface area contributed by atoms with E-state index < -0.39 is 0 Å². The van der Waals surface area contributed by atoms with Crippen LogP contribution in [0, 0.1) is 0 Å². The molecule has 0 aromatic carbocycles. The van der Waals surface area contributed by atoms with Crippen molar-refractivity contribution in [1.82, 2.24) is 9.88 Å². The molecule has 0 radical (unpaired) electrons. The molecular formula is C15H23N3O. The fourth-order valence-electron chi connectivity index (χ4n) is 2.23. The Morgan fingerprint density at radius 1 is 1.26 bits per heavy atom. The van der Waals surface area contributed by atoms with E-state index in [-0.39, 0.29) is 5.91 Å².